The standard InChI is InChI=1S/C22H36O4/c1-14(25-16(3)23)9-10-18-15(2)19(26-17(4)24)13-20-21(5,6)11-8-12-22(18,20)7/h14,19-20H,8-13H2,1-7H3/t14?,19-,20-,22+/m0/s1. The summed E-state index contributed by atoms with van der Waals surface area (Å²) in [6.07, 6.45) is 6.02. The number of fused-ring (bicyclic) bond motifs is 1. The molecule has 0 aliphatic heterocycles. The van der Waals surface area contributed by atoms with Gasteiger partial charge in [-0.05, 0) is 68.3 Å². The Morgan fingerprint density at radius 2 is 1.81 bits per heavy atom. The van der Waals surface area contributed by atoms with Crippen molar-refractivity contribution in [2.24, 2.45) is 16.7 Å². The molecule has 26 heavy (non-hydrogen) atoms. The summed E-state index contributed by atoms with van der Waals surface area (Å²) in [5.74, 6) is 0.0579. The maximum atomic E-state index is 11.7. The van der Waals surface area contributed by atoms with Gasteiger partial charge >= 0.3 is 11.9 Å². The van der Waals surface area contributed by atoms with E-state index in [0.717, 1.165) is 19.3 Å². The molecule has 0 aromatic heterocycles. The molecule has 2 aliphatic rings. The van der Waals surface area contributed by atoms with Gasteiger partial charge in [-0.2, -0.15) is 0 Å². The number of carbonyl (C=O) groups excluding carboxylic acids is 2. The first kappa shape index (κ1) is 21.0. The lowest BCUT2D eigenvalue weighted by molar-refractivity contribution is -0.149. The van der Waals surface area contributed by atoms with E-state index in [4.69, 9.17) is 9.47 Å². The first-order valence-corrected chi connectivity index (χ1v) is 10.0. The number of esters is 2. The van der Waals surface area contributed by atoms with Crippen LogP contribution in [0, 0.1) is 16.7 Å². The zero-order chi connectivity index (χ0) is 19.7. The molecule has 4 heteroatoms. The maximum absolute atomic E-state index is 11.7. The lowest BCUT2D eigenvalue weighted by Crippen LogP contribution is -2.49. The molecule has 0 amide bonds. The number of hydrogen-bond acceptors (Lipinski definition) is 4. The topological polar surface area (TPSA) is 52.6 Å². The molecule has 2 rings (SSSR count). The Morgan fingerprint density at radius 3 is 2.38 bits per heavy atom. The third-order valence-electron chi connectivity index (χ3n) is 6.80. The first-order chi connectivity index (χ1) is 12.0. The number of carbonyl (C=O) groups is 2. The van der Waals surface area contributed by atoms with Crippen molar-refractivity contribution >= 4 is 11.9 Å². The minimum absolute atomic E-state index is 0.0967. The number of allylic oxidation sites excluding steroid dienone is 1. The van der Waals surface area contributed by atoms with Gasteiger partial charge in [-0.25, -0.2) is 0 Å². The van der Waals surface area contributed by atoms with E-state index in [2.05, 4.69) is 27.7 Å². The van der Waals surface area contributed by atoms with Crippen LogP contribution in [0.1, 0.15) is 87.0 Å². The van der Waals surface area contributed by atoms with E-state index in [1.165, 1.54) is 44.3 Å². The molecule has 2 aliphatic carbocycles. The van der Waals surface area contributed by atoms with Crippen molar-refractivity contribution in [2.75, 3.05) is 0 Å². The van der Waals surface area contributed by atoms with E-state index in [1.54, 1.807) is 0 Å². The van der Waals surface area contributed by atoms with Crippen molar-refractivity contribution in [3.8, 4) is 0 Å². The quantitative estimate of drug-likeness (QED) is 0.497. The van der Waals surface area contributed by atoms with Crippen LogP contribution in [-0.2, 0) is 19.1 Å². The van der Waals surface area contributed by atoms with Gasteiger partial charge in [-0.3, -0.25) is 9.59 Å². The second-order valence-corrected chi connectivity index (χ2v) is 9.27. The molecule has 0 aromatic rings. The molecule has 0 saturated heterocycles. The number of rotatable bonds is 5. The van der Waals surface area contributed by atoms with Gasteiger partial charge < -0.3 is 9.47 Å². The van der Waals surface area contributed by atoms with Crippen molar-refractivity contribution in [1.82, 2.24) is 0 Å². The average molecular weight is 365 g/mol. The van der Waals surface area contributed by atoms with Gasteiger partial charge in [0.25, 0.3) is 0 Å². The van der Waals surface area contributed by atoms with E-state index in [-0.39, 0.29) is 35.0 Å². The van der Waals surface area contributed by atoms with Crippen LogP contribution < -0.4 is 0 Å². The van der Waals surface area contributed by atoms with Gasteiger partial charge in [-0.1, -0.05) is 32.8 Å². The van der Waals surface area contributed by atoms with Crippen LogP contribution >= 0.6 is 0 Å². The van der Waals surface area contributed by atoms with E-state index >= 15 is 0 Å². The van der Waals surface area contributed by atoms with Crippen molar-refractivity contribution in [1.29, 1.82) is 0 Å². The highest BCUT2D eigenvalue weighted by Crippen LogP contribution is 2.60. The van der Waals surface area contributed by atoms with Gasteiger partial charge in [-0.15, -0.1) is 0 Å². The molecule has 0 aromatic carbocycles. The van der Waals surface area contributed by atoms with E-state index in [1.807, 2.05) is 6.92 Å². The predicted molar refractivity (Wildman–Crippen MR) is 103 cm³/mol. The van der Waals surface area contributed by atoms with Crippen LogP contribution in [0.3, 0.4) is 0 Å². The molecule has 1 fully saturated rings. The summed E-state index contributed by atoms with van der Waals surface area (Å²) in [5, 5.41) is 0. The Labute approximate surface area is 158 Å². The molecule has 1 unspecified atom stereocenters. The zero-order valence-corrected chi connectivity index (χ0v) is 17.6. The Kier molecular flexibility index (Phi) is 6.24. The van der Waals surface area contributed by atoms with Gasteiger partial charge in [0.05, 0.1) is 6.10 Å². The molecule has 4 atom stereocenters. The molecule has 0 radical (unpaired) electrons. The third kappa shape index (κ3) is 4.32. The van der Waals surface area contributed by atoms with Crippen molar-refractivity contribution in [2.45, 2.75) is 99.2 Å². The van der Waals surface area contributed by atoms with Crippen LogP contribution in [0.2, 0.25) is 0 Å². The number of ether oxygens (including phenoxy) is 2. The molecule has 0 heterocycles. The summed E-state index contributed by atoms with van der Waals surface area (Å²) >= 11 is 0. The summed E-state index contributed by atoms with van der Waals surface area (Å²) in [6.45, 7) is 14.2. The Morgan fingerprint density at radius 1 is 1.15 bits per heavy atom. The van der Waals surface area contributed by atoms with Gasteiger partial charge in [0.1, 0.15) is 6.10 Å². The zero-order valence-electron chi connectivity index (χ0n) is 17.6. The summed E-state index contributed by atoms with van der Waals surface area (Å²) in [7, 11) is 0. The SMILES string of the molecule is CC(=O)OC(C)CCC1=C(C)[C@@H](OC(C)=O)C[C@H]2C(C)(C)CCC[C@]12C. The second kappa shape index (κ2) is 7.74. The largest absolute Gasteiger partial charge is 0.463 e. The fraction of sp³-hybridized carbons (Fsp3) is 0.818. The lowest BCUT2D eigenvalue weighted by Gasteiger charge is -2.56. The fourth-order valence-corrected chi connectivity index (χ4v) is 5.61. The van der Waals surface area contributed by atoms with Crippen LogP contribution in [0.5, 0.6) is 0 Å². The summed E-state index contributed by atoms with van der Waals surface area (Å²) in [4.78, 5) is 22.9. The van der Waals surface area contributed by atoms with Crippen LogP contribution in [0.15, 0.2) is 11.1 Å². The Bertz CT molecular complexity index is 589. The summed E-state index contributed by atoms with van der Waals surface area (Å²) in [6, 6.07) is 0. The van der Waals surface area contributed by atoms with Gasteiger partial charge in [0.15, 0.2) is 0 Å². The summed E-state index contributed by atoms with van der Waals surface area (Å²) < 4.78 is 11.0. The van der Waals surface area contributed by atoms with Crippen LogP contribution in [-0.4, -0.2) is 24.1 Å². The molecule has 4 nitrogen and oxygen atoms in total. The normalized spacial score (nSPS) is 31.8. The van der Waals surface area contributed by atoms with Crippen LogP contribution in [0.25, 0.3) is 0 Å². The average Bonchev–Trinajstić information content (AvgIpc) is 2.47. The lowest BCUT2D eigenvalue weighted by atomic mass is 9.49. The fourth-order valence-electron chi connectivity index (χ4n) is 5.61. The highest BCUT2D eigenvalue weighted by atomic mass is 16.5. The highest BCUT2D eigenvalue weighted by molar-refractivity contribution is 5.66. The van der Waals surface area contributed by atoms with Crippen molar-refractivity contribution in [3.63, 3.8) is 0 Å². The molecule has 0 spiro atoms. The van der Waals surface area contributed by atoms with E-state index < -0.39 is 0 Å². The molecule has 0 N–H and O–H groups in total. The monoisotopic (exact) mass is 364 g/mol. The predicted octanol–water partition coefficient (Wildman–Crippen LogP) is 5.20. The summed E-state index contributed by atoms with van der Waals surface area (Å²) in [5.41, 5.74) is 3.01. The molecule has 0 bridgehead atoms. The number of hydrogen-bond donors (Lipinski definition) is 0. The minimum atomic E-state index is -0.229. The minimum Gasteiger partial charge on any atom is -0.463 e. The van der Waals surface area contributed by atoms with Crippen molar-refractivity contribution in [3.05, 3.63) is 11.1 Å². The Balaban J connectivity index is 2.34. The molecular weight excluding hydrogens is 328 g/mol. The maximum Gasteiger partial charge on any atom is 0.303 e. The Hall–Kier alpha value is -1.32. The second-order valence-electron chi connectivity index (χ2n) is 9.27. The smallest absolute Gasteiger partial charge is 0.303 e. The van der Waals surface area contributed by atoms with Crippen LogP contribution in [0.4, 0.5) is 0 Å². The van der Waals surface area contributed by atoms with E-state index in [0.29, 0.717) is 5.92 Å². The van der Waals surface area contributed by atoms with Gasteiger partial charge in [0.2, 0.25) is 0 Å². The molecule has 1 saturated carbocycles. The first-order valence-electron chi connectivity index (χ1n) is 10.0. The van der Waals surface area contributed by atoms with Crippen molar-refractivity contribution < 1.29 is 19.1 Å². The highest BCUT2D eigenvalue weighted by Gasteiger charge is 2.52. The molecule has 148 valence electrons. The van der Waals surface area contributed by atoms with Gasteiger partial charge in [0, 0.05) is 13.8 Å². The van der Waals surface area contributed by atoms with E-state index in [9.17, 15) is 9.59 Å². The third-order valence-corrected chi connectivity index (χ3v) is 6.80. The molecular formula is C22H36O4.